The van der Waals surface area contributed by atoms with E-state index in [1.807, 2.05) is 48.6 Å². The van der Waals surface area contributed by atoms with Crippen LogP contribution in [0.5, 0.6) is 0 Å². The van der Waals surface area contributed by atoms with E-state index in [-0.39, 0.29) is 5.91 Å². The zero-order valence-electron chi connectivity index (χ0n) is 24.0. The van der Waals surface area contributed by atoms with Crippen molar-refractivity contribution in [2.75, 3.05) is 4.93 Å². The Labute approximate surface area is 248 Å². The van der Waals surface area contributed by atoms with Crippen molar-refractivity contribution < 1.29 is 9.90 Å². The number of hydrogen-bond acceptors (Lipinski definition) is 5. The number of halogens is 1. The number of nitrogens with one attached hydrogen (secondary N) is 1. The first-order valence-electron chi connectivity index (χ1n) is 13.4. The van der Waals surface area contributed by atoms with E-state index >= 15 is 0 Å². The Morgan fingerprint density at radius 3 is 2.65 bits per heavy atom. The second-order valence-corrected chi connectivity index (χ2v) is 11.0. The van der Waals surface area contributed by atoms with Crippen molar-refractivity contribution in [2.24, 2.45) is 0 Å². The zero-order valence-corrected chi connectivity index (χ0v) is 26.2. The van der Waals surface area contributed by atoms with Crippen molar-refractivity contribution in [1.82, 2.24) is 33.9 Å². The highest BCUT2D eigenvalue weighted by molar-refractivity contribution is 14.1. The van der Waals surface area contributed by atoms with Gasteiger partial charge in [0.15, 0.2) is 0 Å². The Morgan fingerprint density at radius 1 is 1.15 bits per heavy atom. The fraction of sp³-hybridized carbons (Fsp3) is 0.400. The van der Waals surface area contributed by atoms with Crippen LogP contribution < -0.4 is 5.32 Å². The maximum absolute atomic E-state index is 12.8. The van der Waals surface area contributed by atoms with E-state index in [1.165, 1.54) is 5.56 Å². The van der Waals surface area contributed by atoms with Crippen LogP contribution in [0.25, 0.3) is 11.2 Å². The summed E-state index contributed by atoms with van der Waals surface area (Å²) in [6.45, 7) is 10.8. The van der Waals surface area contributed by atoms with Crippen LogP contribution in [0.2, 0.25) is 0 Å². The summed E-state index contributed by atoms with van der Waals surface area (Å²) in [4.78, 5) is 24.1. The van der Waals surface area contributed by atoms with Gasteiger partial charge >= 0.3 is 0 Å². The summed E-state index contributed by atoms with van der Waals surface area (Å²) in [5, 5.41) is 17.6. The highest BCUT2D eigenvalue weighted by Gasteiger charge is 2.17. The molecule has 10 heteroatoms. The smallest absolute Gasteiger partial charge is 0.254 e. The molecule has 1 amide bonds. The highest BCUT2D eigenvalue weighted by atomic mass is 127. The molecule has 0 aliphatic rings. The molecule has 0 aliphatic carbocycles. The number of imidazole rings is 2. The minimum absolute atomic E-state index is 0.199. The fourth-order valence-electron chi connectivity index (χ4n) is 4.54. The molecule has 5 aromatic heterocycles. The van der Waals surface area contributed by atoms with Gasteiger partial charge in [-0.1, -0.05) is 42.5 Å². The first-order chi connectivity index (χ1) is 19.1. The van der Waals surface area contributed by atoms with Gasteiger partial charge in [-0.15, -0.1) is 0 Å². The van der Waals surface area contributed by atoms with Crippen molar-refractivity contribution in [1.29, 1.82) is 0 Å². The molecule has 0 aliphatic heterocycles. The van der Waals surface area contributed by atoms with Crippen LogP contribution in [-0.2, 0) is 19.5 Å². The average Bonchev–Trinajstić information content (AvgIpc) is 3.65. The number of nitrogens with zero attached hydrogens (tertiary/aromatic N) is 6. The third-order valence-corrected chi connectivity index (χ3v) is 6.78. The van der Waals surface area contributed by atoms with Crippen LogP contribution in [0.15, 0.2) is 55.5 Å². The number of hydrogen-bond donors (Lipinski definition) is 2. The normalized spacial score (nSPS) is 11.7. The SMILES string of the molecule is CI.Cc1ccn2cnc(CNC(=O)c3cnn(Cc4cn5cc(C(C)C)cc(CCC(C)(C)O)c5n4)c3)c2c1. The van der Waals surface area contributed by atoms with Crippen LogP contribution in [0.1, 0.15) is 78.5 Å². The van der Waals surface area contributed by atoms with Crippen molar-refractivity contribution in [3.05, 3.63) is 89.2 Å². The minimum Gasteiger partial charge on any atom is -0.390 e. The number of carbonyl (C=O) groups excluding carboxylic acids is 1. The van der Waals surface area contributed by atoms with Gasteiger partial charge < -0.3 is 19.2 Å². The summed E-state index contributed by atoms with van der Waals surface area (Å²) < 4.78 is 5.74. The van der Waals surface area contributed by atoms with Crippen LogP contribution >= 0.6 is 22.6 Å². The van der Waals surface area contributed by atoms with Crippen molar-refractivity contribution >= 4 is 39.7 Å². The second kappa shape index (κ2) is 12.5. The second-order valence-electron chi connectivity index (χ2n) is 11.0. The monoisotopic (exact) mass is 655 g/mol. The lowest BCUT2D eigenvalue weighted by Crippen LogP contribution is -2.22. The average molecular weight is 656 g/mol. The molecule has 0 aromatic carbocycles. The topological polar surface area (TPSA) is 102 Å². The van der Waals surface area contributed by atoms with Crippen LogP contribution in [0.3, 0.4) is 0 Å². The van der Waals surface area contributed by atoms with Gasteiger partial charge in [-0.3, -0.25) is 9.48 Å². The molecule has 5 rings (SSSR count). The maximum atomic E-state index is 12.8. The molecule has 0 unspecified atom stereocenters. The number of aromatic nitrogens is 6. The van der Waals surface area contributed by atoms with Crippen molar-refractivity contribution in [3.63, 3.8) is 0 Å². The number of amides is 1. The lowest BCUT2D eigenvalue weighted by atomic mass is 9.97. The Hall–Kier alpha value is -3.25. The molecule has 9 nitrogen and oxygen atoms in total. The molecule has 0 saturated heterocycles. The van der Waals surface area contributed by atoms with E-state index in [1.54, 1.807) is 23.4 Å². The molecule has 40 heavy (non-hydrogen) atoms. The highest BCUT2D eigenvalue weighted by Crippen LogP contribution is 2.23. The van der Waals surface area contributed by atoms with Gasteiger partial charge in [0.05, 0.1) is 53.7 Å². The predicted octanol–water partition coefficient (Wildman–Crippen LogP) is 5.34. The number of rotatable bonds is 9. The van der Waals surface area contributed by atoms with Crippen LogP contribution in [0, 0.1) is 6.92 Å². The molecule has 0 spiro atoms. The van der Waals surface area contributed by atoms with Crippen molar-refractivity contribution in [2.45, 2.75) is 72.1 Å². The Bertz CT molecular complexity index is 1610. The van der Waals surface area contributed by atoms with E-state index in [0.29, 0.717) is 31.0 Å². The van der Waals surface area contributed by atoms with Gasteiger partial charge in [0.25, 0.3) is 5.91 Å². The van der Waals surface area contributed by atoms with E-state index in [2.05, 4.69) is 74.6 Å². The van der Waals surface area contributed by atoms with Crippen LogP contribution in [-0.4, -0.2) is 50.1 Å². The third kappa shape index (κ3) is 7.08. The summed E-state index contributed by atoms with van der Waals surface area (Å²) in [6.07, 6.45) is 12.6. The molecule has 2 N–H and O–H groups in total. The lowest BCUT2D eigenvalue weighted by molar-refractivity contribution is 0.0714. The molecular weight excluding hydrogens is 617 g/mol. The van der Waals surface area contributed by atoms with Gasteiger partial charge in [-0.2, -0.15) is 5.10 Å². The van der Waals surface area contributed by atoms with E-state index in [9.17, 15) is 9.90 Å². The Balaban J connectivity index is 0.00000181. The molecule has 0 fully saturated rings. The first kappa shape index (κ1) is 29.7. The van der Waals surface area contributed by atoms with Gasteiger partial charge in [0.2, 0.25) is 0 Å². The number of pyridine rings is 2. The molecule has 212 valence electrons. The molecule has 0 bridgehead atoms. The summed E-state index contributed by atoms with van der Waals surface area (Å²) in [5.41, 5.74) is 6.78. The number of fused-ring (bicyclic) bond motifs is 2. The number of aryl methyl sites for hydroxylation is 2. The summed E-state index contributed by atoms with van der Waals surface area (Å²) in [7, 11) is 0. The molecule has 0 atom stereocenters. The standard InChI is InChI=1S/C29H35N7O2.CH3I/c1-19(2)22-11-21(6-8-29(4,5)38)27-33-24(16-35(27)14-22)17-36-15-23(12-32-36)28(37)30-13-25-26-10-20(3)7-9-34(26)18-31-25;1-2/h7,9-12,14-16,18-19,38H,6,8,13,17H2,1-5H3,(H,30,37);1H3. The molecule has 0 saturated carbocycles. The number of alkyl halides is 1. The van der Waals surface area contributed by atoms with E-state index in [4.69, 9.17) is 4.98 Å². The molecule has 5 aromatic rings. The van der Waals surface area contributed by atoms with Gasteiger partial charge in [-0.05, 0) is 73.3 Å². The van der Waals surface area contributed by atoms with Crippen LogP contribution in [0.4, 0.5) is 0 Å². The van der Waals surface area contributed by atoms with E-state index in [0.717, 1.165) is 40.1 Å². The van der Waals surface area contributed by atoms with Gasteiger partial charge in [-0.25, -0.2) is 9.97 Å². The molecular formula is C30H38IN7O2. The molecule has 5 heterocycles. The third-order valence-electron chi connectivity index (χ3n) is 6.78. The predicted molar refractivity (Wildman–Crippen MR) is 166 cm³/mol. The quantitative estimate of drug-likeness (QED) is 0.165. The van der Waals surface area contributed by atoms with Gasteiger partial charge in [0.1, 0.15) is 5.65 Å². The number of carbonyl (C=O) groups is 1. The Morgan fingerprint density at radius 2 is 1.93 bits per heavy atom. The van der Waals surface area contributed by atoms with E-state index < -0.39 is 5.60 Å². The summed E-state index contributed by atoms with van der Waals surface area (Å²) in [5.74, 6) is 0.179. The van der Waals surface area contributed by atoms with Gasteiger partial charge in [0, 0.05) is 24.8 Å². The Kier molecular flexibility index (Phi) is 9.29. The summed E-state index contributed by atoms with van der Waals surface area (Å²) >= 11 is 2.15. The molecule has 0 radical (unpaired) electrons. The maximum Gasteiger partial charge on any atom is 0.254 e. The summed E-state index contributed by atoms with van der Waals surface area (Å²) in [6, 6.07) is 6.28. The number of aliphatic hydroxyl groups is 1. The first-order valence-corrected chi connectivity index (χ1v) is 15.5. The zero-order chi connectivity index (χ0) is 29.0. The fourth-order valence-corrected chi connectivity index (χ4v) is 4.54. The minimum atomic E-state index is -0.740. The largest absolute Gasteiger partial charge is 0.390 e. The lowest BCUT2D eigenvalue weighted by Gasteiger charge is -2.17. The van der Waals surface area contributed by atoms with Crippen molar-refractivity contribution in [3.8, 4) is 0 Å².